The van der Waals surface area contributed by atoms with Crippen LogP contribution in [0.4, 0.5) is 23.7 Å². The van der Waals surface area contributed by atoms with Crippen LogP contribution in [0.5, 0.6) is 0 Å². The van der Waals surface area contributed by atoms with E-state index in [-0.39, 0.29) is 25.0 Å². The van der Waals surface area contributed by atoms with Gasteiger partial charge in [0.05, 0.1) is 10.5 Å². The Kier molecular flexibility index (Phi) is 5.58. The summed E-state index contributed by atoms with van der Waals surface area (Å²) in [6, 6.07) is 1.31. The molecule has 0 aliphatic carbocycles. The lowest BCUT2D eigenvalue weighted by atomic mass is 9.72. The number of nitrogens with zero attached hydrogens (tertiary/aromatic N) is 2. The Labute approximate surface area is 158 Å². The summed E-state index contributed by atoms with van der Waals surface area (Å²) in [4.78, 5) is 34.6. The summed E-state index contributed by atoms with van der Waals surface area (Å²) in [5.74, 6) is -1.11. The second kappa shape index (κ2) is 7.28. The molecule has 2 atom stereocenters. The number of carbonyl (C=O) groups is 2. The molecule has 1 aliphatic heterocycles. The molecule has 0 saturated carbocycles. The van der Waals surface area contributed by atoms with E-state index in [1.165, 1.54) is 4.90 Å². The third kappa shape index (κ3) is 4.52. The molecule has 11 heteroatoms. The molecule has 1 fully saturated rings. The molecule has 2 rings (SSSR count). The molecular weight excluding hydrogens is 383 g/mol. The molecule has 1 aromatic carbocycles. The first-order valence-corrected chi connectivity index (χ1v) is 8.36. The fourth-order valence-electron chi connectivity index (χ4n) is 3.47. The van der Waals surface area contributed by atoms with Gasteiger partial charge in [-0.05, 0) is 11.5 Å². The molecule has 28 heavy (non-hydrogen) atoms. The smallest absolute Gasteiger partial charge is 0.416 e. The lowest BCUT2D eigenvalue weighted by molar-refractivity contribution is -0.385. The summed E-state index contributed by atoms with van der Waals surface area (Å²) in [6.45, 7) is 5.75. The molecule has 8 nitrogen and oxygen atoms in total. The highest BCUT2D eigenvalue weighted by atomic mass is 19.4. The number of halogens is 3. The first-order valence-electron chi connectivity index (χ1n) is 8.36. The zero-order chi connectivity index (χ0) is 21.4. The van der Waals surface area contributed by atoms with E-state index >= 15 is 0 Å². The Morgan fingerprint density at radius 1 is 1.29 bits per heavy atom. The van der Waals surface area contributed by atoms with Gasteiger partial charge in [0.15, 0.2) is 0 Å². The topological polar surface area (TPSA) is 113 Å². The van der Waals surface area contributed by atoms with Crippen molar-refractivity contribution in [3.63, 3.8) is 0 Å². The molecule has 1 aromatic rings. The van der Waals surface area contributed by atoms with Crippen molar-refractivity contribution in [1.82, 2.24) is 10.2 Å². The predicted octanol–water partition coefficient (Wildman–Crippen LogP) is 3.37. The number of non-ortho nitro benzene ring substituents is 1. The van der Waals surface area contributed by atoms with Crippen LogP contribution in [0, 0.1) is 21.4 Å². The maximum atomic E-state index is 12.9. The number of benzene rings is 1. The Morgan fingerprint density at radius 3 is 2.36 bits per heavy atom. The molecule has 0 radical (unpaired) electrons. The van der Waals surface area contributed by atoms with Crippen molar-refractivity contribution in [2.24, 2.45) is 11.3 Å². The number of likely N-dealkylation sites (tertiary alicyclic amines) is 1. The summed E-state index contributed by atoms with van der Waals surface area (Å²) in [5, 5.41) is 22.5. The van der Waals surface area contributed by atoms with Crippen molar-refractivity contribution >= 4 is 17.7 Å². The van der Waals surface area contributed by atoms with Gasteiger partial charge in [-0.3, -0.25) is 14.9 Å². The number of nitro benzene ring substituents is 1. The number of nitro groups is 1. The van der Waals surface area contributed by atoms with Crippen molar-refractivity contribution in [3.8, 4) is 0 Å². The molecule has 0 bridgehead atoms. The zero-order valence-electron chi connectivity index (χ0n) is 15.4. The number of carbonyl (C=O) groups excluding carboxylic acids is 1. The number of amides is 2. The number of hydrogen-bond acceptors (Lipinski definition) is 4. The predicted molar refractivity (Wildman–Crippen MR) is 91.9 cm³/mol. The largest absolute Gasteiger partial charge is 0.465 e. The van der Waals surface area contributed by atoms with Gasteiger partial charge in [0.1, 0.15) is 0 Å². The molecule has 1 saturated heterocycles. The highest BCUT2D eigenvalue weighted by Gasteiger charge is 2.48. The van der Waals surface area contributed by atoms with Crippen molar-refractivity contribution < 1.29 is 32.8 Å². The highest BCUT2D eigenvalue weighted by molar-refractivity contribution is 5.95. The Morgan fingerprint density at radius 2 is 1.89 bits per heavy atom. The molecule has 0 aromatic heterocycles. The van der Waals surface area contributed by atoms with Gasteiger partial charge in [0.25, 0.3) is 11.6 Å². The first-order chi connectivity index (χ1) is 12.7. The third-order valence-corrected chi connectivity index (χ3v) is 4.59. The Bertz CT molecular complexity index is 804. The number of carboxylic acid groups (broad SMARTS) is 1. The third-order valence-electron chi connectivity index (χ3n) is 4.59. The lowest BCUT2D eigenvalue weighted by Crippen LogP contribution is -2.65. The number of alkyl halides is 3. The maximum absolute atomic E-state index is 12.9. The van der Waals surface area contributed by atoms with E-state index in [4.69, 9.17) is 0 Å². The second-order valence-corrected chi connectivity index (χ2v) is 7.74. The molecule has 0 spiro atoms. The van der Waals surface area contributed by atoms with Gasteiger partial charge in [0.2, 0.25) is 0 Å². The quantitative estimate of drug-likeness (QED) is 0.591. The van der Waals surface area contributed by atoms with Crippen molar-refractivity contribution in [2.45, 2.75) is 33.0 Å². The molecule has 2 unspecified atom stereocenters. The molecule has 2 amide bonds. The van der Waals surface area contributed by atoms with E-state index in [2.05, 4.69) is 5.32 Å². The van der Waals surface area contributed by atoms with E-state index < -0.39 is 45.3 Å². The van der Waals surface area contributed by atoms with E-state index in [0.29, 0.717) is 12.1 Å². The van der Waals surface area contributed by atoms with Crippen LogP contribution < -0.4 is 5.32 Å². The van der Waals surface area contributed by atoms with Crippen LogP contribution in [0.1, 0.15) is 36.7 Å². The van der Waals surface area contributed by atoms with Crippen LogP contribution in [0.15, 0.2) is 18.2 Å². The lowest BCUT2D eigenvalue weighted by Gasteiger charge is -2.52. The summed E-state index contributed by atoms with van der Waals surface area (Å²) in [7, 11) is 0. The van der Waals surface area contributed by atoms with Gasteiger partial charge >= 0.3 is 12.3 Å². The Hall–Kier alpha value is -2.85. The first kappa shape index (κ1) is 21.5. The average molecular weight is 403 g/mol. The summed E-state index contributed by atoms with van der Waals surface area (Å²) < 4.78 is 38.8. The van der Waals surface area contributed by atoms with E-state index in [1.54, 1.807) is 0 Å². The molecular formula is C17H20F3N3O5. The van der Waals surface area contributed by atoms with Crippen LogP contribution >= 0.6 is 0 Å². The van der Waals surface area contributed by atoms with Crippen LogP contribution in [0.25, 0.3) is 0 Å². The van der Waals surface area contributed by atoms with Gasteiger partial charge in [0, 0.05) is 42.7 Å². The molecule has 1 aliphatic rings. The number of nitrogens with one attached hydrogen (secondary N) is 1. The van der Waals surface area contributed by atoms with E-state index in [9.17, 15) is 38.0 Å². The van der Waals surface area contributed by atoms with Crippen LogP contribution in [-0.2, 0) is 6.18 Å². The fourth-order valence-corrected chi connectivity index (χ4v) is 3.47. The van der Waals surface area contributed by atoms with Crippen molar-refractivity contribution in [3.05, 3.63) is 39.4 Å². The maximum Gasteiger partial charge on any atom is 0.416 e. The zero-order valence-corrected chi connectivity index (χ0v) is 15.4. The van der Waals surface area contributed by atoms with Crippen LogP contribution in [-0.4, -0.2) is 46.1 Å². The molecule has 1 heterocycles. The minimum atomic E-state index is -4.84. The minimum Gasteiger partial charge on any atom is -0.465 e. The monoisotopic (exact) mass is 403 g/mol. The van der Waals surface area contributed by atoms with E-state index in [1.807, 2.05) is 20.8 Å². The van der Waals surface area contributed by atoms with Gasteiger partial charge in [-0.15, -0.1) is 0 Å². The Balaban J connectivity index is 2.16. The van der Waals surface area contributed by atoms with Crippen molar-refractivity contribution in [1.29, 1.82) is 0 Å². The summed E-state index contributed by atoms with van der Waals surface area (Å²) >= 11 is 0. The normalized spacial score (nSPS) is 19.7. The second-order valence-electron chi connectivity index (χ2n) is 7.74. The fraction of sp³-hybridized carbons (Fsp3) is 0.529. The van der Waals surface area contributed by atoms with Gasteiger partial charge < -0.3 is 15.3 Å². The van der Waals surface area contributed by atoms with Gasteiger partial charge in [-0.25, -0.2) is 4.79 Å². The average Bonchev–Trinajstić information content (AvgIpc) is 2.50. The molecule has 2 N–H and O–H groups in total. The SMILES string of the molecule is CC(C)(C)C1C(CNC(=O)c2cc([N+](=O)[O-])cc(C(F)(F)F)c2)CN1C(=O)O. The standard InChI is InChI=1S/C17H20F3N3O5/c1-16(2,3)13-10(8-22(13)15(25)26)7-21-14(24)9-4-11(17(18,19)20)6-12(5-9)23(27)28/h4-6,10,13H,7-8H2,1-3H3,(H,21,24)(H,25,26). The summed E-state index contributed by atoms with van der Waals surface area (Å²) in [5.41, 5.74) is -3.02. The van der Waals surface area contributed by atoms with E-state index in [0.717, 1.165) is 6.07 Å². The van der Waals surface area contributed by atoms with Crippen LogP contribution in [0.2, 0.25) is 0 Å². The van der Waals surface area contributed by atoms with Crippen molar-refractivity contribution in [2.75, 3.05) is 13.1 Å². The summed E-state index contributed by atoms with van der Waals surface area (Å²) in [6.07, 6.45) is -5.93. The van der Waals surface area contributed by atoms with Gasteiger partial charge in [-0.2, -0.15) is 13.2 Å². The minimum absolute atomic E-state index is 0.0363. The highest BCUT2D eigenvalue weighted by Crippen LogP contribution is 2.38. The van der Waals surface area contributed by atoms with Gasteiger partial charge in [-0.1, -0.05) is 20.8 Å². The number of rotatable bonds is 4. The number of hydrogen-bond donors (Lipinski definition) is 2. The van der Waals surface area contributed by atoms with Crippen LogP contribution in [0.3, 0.4) is 0 Å². The molecule has 154 valence electrons.